The summed E-state index contributed by atoms with van der Waals surface area (Å²) in [5.74, 6) is 1.07. The van der Waals surface area contributed by atoms with E-state index in [1.165, 1.54) is 0 Å². The van der Waals surface area contributed by atoms with Crippen molar-refractivity contribution in [3.05, 3.63) is 46.5 Å². The fraction of sp³-hybridized carbons (Fsp3) is 0.368. The van der Waals surface area contributed by atoms with Gasteiger partial charge in [0.25, 0.3) is 5.91 Å². The molecule has 2 amide bonds. The van der Waals surface area contributed by atoms with E-state index in [1.807, 2.05) is 19.9 Å². The number of amides is 2. The number of rotatable bonds is 4. The summed E-state index contributed by atoms with van der Waals surface area (Å²) in [7, 11) is 0. The molecule has 2 N–H and O–H groups in total. The Hall–Kier alpha value is -3.16. The molecule has 0 spiro atoms. The van der Waals surface area contributed by atoms with Crippen molar-refractivity contribution < 1.29 is 18.7 Å². The minimum Gasteiger partial charge on any atom is -0.455 e. The maximum atomic E-state index is 12.7. The molecule has 1 aliphatic carbocycles. The lowest BCUT2D eigenvalue weighted by atomic mass is 9.93. The van der Waals surface area contributed by atoms with Crippen LogP contribution in [0.5, 0.6) is 0 Å². The zero-order valence-corrected chi connectivity index (χ0v) is 15.6. The van der Waals surface area contributed by atoms with Crippen LogP contribution in [0.2, 0.25) is 0 Å². The zero-order chi connectivity index (χ0) is 19.4. The predicted molar refractivity (Wildman–Crippen MR) is 100 cm³/mol. The van der Waals surface area contributed by atoms with Gasteiger partial charge in [-0.3, -0.25) is 4.79 Å². The van der Waals surface area contributed by atoms with Crippen molar-refractivity contribution in [2.45, 2.75) is 40.0 Å². The Balaban J connectivity index is 1.86. The molecule has 0 aromatic carbocycles. The Labute approximate surface area is 157 Å². The molecule has 2 heterocycles. The van der Waals surface area contributed by atoms with E-state index < -0.39 is 6.09 Å². The van der Waals surface area contributed by atoms with Crippen LogP contribution < -0.4 is 10.7 Å². The van der Waals surface area contributed by atoms with Crippen LogP contribution in [0, 0.1) is 13.8 Å². The van der Waals surface area contributed by atoms with Crippen molar-refractivity contribution in [3.8, 4) is 0 Å². The molecule has 2 aromatic rings. The summed E-state index contributed by atoms with van der Waals surface area (Å²) in [6.45, 7) is 5.67. The van der Waals surface area contributed by atoms with Gasteiger partial charge in [0.1, 0.15) is 11.6 Å². The van der Waals surface area contributed by atoms with E-state index in [2.05, 4.69) is 20.8 Å². The highest BCUT2D eigenvalue weighted by Crippen LogP contribution is 2.30. The summed E-state index contributed by atoms with van der Waals surface area (Å²) in [6, 6.07) is 3.68. The number of nitrogens with zero attached hydrogens (tertiary/aromatic N) is 2. The Bertz CT molecular complexity index is 901. The molecule has 0 unspecified atom stereocenters. The number of aryl methyl sites for hydroxylation is 2. The standard InChI is InChI=1S/C19H22N4O4/c1-4-26-19(25)23-22-13-8-5-9-14-15(13)12(3)16(27-14)18(24)21-17-11(2)7-6-10-20-17/h6-7,10H,4-5,8-9H2,1-3H3,(H,23,25)(H,20,21,24)/b22-13+. The lowest BCUT2D eigenvalue weighted by Gasteiger charge is -2.13. The van der Waals surface area contributed by atoms with E-state index >= 15 is 0 Å². The number of pyridine rings is 1. The normalized spacial score (nSPS) is 14.6. The van der Waals surface area contributed by atoms with Crippen LogP contribution in [-0.2, 0) is 11.2 Å². The van der Waals surface area contributed by atoms with Crippen LogP contribution in [0.3, 0.4) is 0 Å². The molecule has 8 heteroatoms. The Morgan fingerprint density at radius 3 is 2.89 bits per heavy atom. The summed E-state index contributed by atoms with van der Waals surface area (Å²) < 4.78 is 10.7. The fourth-order valence-electron chi connectivity index (χ4n) is 3.05. The monoisotopic (exact) mass is 370 g/mol. The van der Waals surface area contributed by atoms with Crippen molar-refractivity contribution in [1.29, 1.82) is 0 Å². The average molecular weight is 370 g/mol. The first-order valence-corrected chi connectivity index (χ1v) is 8.86. The number of hydrogen-bond donors (Lipinski definition) is 2. The van der Waals surface area contributed by atoms with E-state index in [-0.39, 0.29) is 18.3 Å². The third kappa shape index (κ3) is 3.99. The maximum Gasteiger partial charge on any atom is 0.427 e. The number of nitrogens with one attached hydrogen (secondary N) is 2. The number of carbonyl (C=O) groups excluding carboxylic acids is 2. The number of aromatic nitrogens is 1. The van der Waals surface area contributed by atoms with Crippen molar-refractivity contribution in [2.75, 3.05) is 11.9 Å². The smallest absolute Gasteiger partial charge is 0.427 e. The second kappa shape index (κ2) is 8.03. The minimum atomic E-state index is -0.609. The van der Waals surface area contributed by atoms with Crippen LogP contribution in [0.25, 0.3) is 0 Å². The van der Waals surface area contributed by atoms with Crippen molar-refractivity contribution in [1.82, 2.24) is 10.4 Å². The Morgan fingerprint density at radius 2 is 2.15 bits per heavy atom. The van der Waals surface area contributed by atoms with E-state index in [4.69, 9.17) is 9.15 Å². The SMILES string of the molecule is CCOC(=O)N/N=C1\CCCc2oc(C(=O)Nc3ncccc3C)c(C)c21. The number of furan rings is 1. The van der Waals surface area contributed by atoms with Crippen LogP contribution >= 0.6 is 0 Å². The maximum absolute atomic E-state index is 12.7. The summed E-state index contributed by atoms with van der Waals surface area (Å²) in [5.41, 5.74) is 5.40. The van der Waals surface area contributed by atoms with E-state index in [1.54, 1.807) is 19.2 Å². The second-order valence-electron chi connectivity index (χ2n) is 6.22. The van der Waals surface area contributed by atoms with Crippen LogP contribution in [0.4, 0.5) is 10.6 Å². The molecule has 0 radical (unpaired) electrons. The van der Waals surface area contributed by atoms with Crippen molar-refractivity contribution in [3.63, 3.8) is 0 Å². The molecule has 27 heavy (non-hydrogen) atoms. The second-order valence-corrected chi connectivity index (χ2v) is 6.22. The molecule has 2 aromatic heterocycles. The average Bonchev–Trinajstić information content (AvgIpc) is 3.00. The molecule has 8 nitrogen and oxygen atoms in total. The summed E-state index contributed by atoms with van der Waals surface area (Å²) in [5, 5.41) is 6.95. The third-order valence-corrected chi connectivity index (χ3v) is 4.33. The lowest BCUT2D eigenvalue weighted by molar-refractivity contribution is 0.0993. The van der Waals surface area contributed by atoms with Crippen molar-refractivity contribution >= 4 is 23.5 Å². The number of fused-ring (bicyclic) bond motifs is 1. The van der Waals surface area contributed by atoms with E-state index in [9.17, 15) is 9.59 Å². The number of carbonyl (C=O) groups is 2. The van der Waals surface area contributed by atoms with Gasteiger partial charge in [-0.1, -0.05) is 6.07 Å². The molecule has 0 saturated carbocycles. The Morgan fingerprint density at radius 1 is 1.33 bits per heavy atom. The van der Waals surface area contributed by atoms with Gasteiger partial charge in [-0.15, -0.1) is 0 Å². The molecule has 0 aliphatic heterocycles. The first-order chi connectivity index (χ1) is 13.0. The summed E-state index contributed by atoms with van der Waals surface area (Å²) >= 11 is 0. The van der Waals surface area contributed by atoms with E-state index in [0.29, 0.717) is 35.7 Å². The van der Waals surface area contributed by atoms with Crippen LogP contribution in [0.1, 0.15) is 52.8 Å². The van der Waals surface area contributed by atoms with Crippen LogP contribution in [-0.4, -0.2) is 29.3 Å². The number of anilines is 1. The van der Waals surface area contributed by atoms with Gasteiger partial charge < -0.3 is 14.5 Å². The largest absolute Gasteiger partial charge is 0.455 e. The molecule has 0 saturated heterocycles. The number of ether oxygens (including phenoxy) is 1. The van der Waals surface area contributed by atoms with Gasteiger partial charge in [-0.25, -0.2) is 15.2 Å². The molecule has 142 valence electrons. The molecule has 0 bridgehead atoms. The lowest BCUT2D eigenvalue weighted by Crippen LogP contribution is -2.22. The highest BCUT2D eigenvalue weighted by Gasteiger charge is 2.28. The third-order valence-electron chi connectivity index (χ3n) is 4.33. The zero-order valence-electron chi connectivity index (χ0n) is 15.6. The summed E-state index contributed by atoms with van der Waals surface area (Å²) in [4.78, 5) is 28.4. The fourth-order valence-corrected chi connectivity index (χ4v) is 3.05. The highest BCUT2D eigenvalue weighted by atomic mass is 16.5. The van der Waals surface area contributed by atoms with Crippen molar-refractivity contribution in [2.24, 2.45) is 5.10 Å². The predicted octanol–water partition coefficient (Wildman–Crippen LogP) is 3.33. The number of hydrazone groups is 1. The van der Waals surface area contributed by atoms with E-state index in [0.717, 1.165) is 17.5 Å². The first-order valence-electron chi connectivity index (χ1n) is 8.86. The molecule has 3 rings (SSSR count). The van der Waals surface area contributed by atoms with Gasteiger partial charge in [-0.2, -0.15) is 5.10 Å². The van der Waals surface area contributed by atoms with Gasteiger partial charge in [0, 0.05) is 23.7 Å². The van der Waals surface area contributed by atoms with Crippen LogP contribution in [0.15, 0.2) is 27.8 Å². The highest BCUT2D eigenvalue weighted by molar-refractivity contribution is 6.09. The molecule has 0 fully saturated rings. The quantitative estimate of drug-likeness (QED) is 0.803. The molecular weight excluding hydrogens is 348 g/mol. The topological polar surface area (TPSA) is 106 Å². The molecule has 0 atom stereocenters. The Kier molecular flexibility index (Phi) is 5.54. The van der Waals surface area contributed by atoms with Gasteiger partial charge in [0.05, 0.1) is 12.3 Å². The van der Waals surface area contributed by atoms with Gasteiger partial charge in [0.15, 0.2) is 5.76 Å². The minimum absolute atomic E-state index is 0.232. The first kappa shape index (κ1) is 18.6. The van der Waals surface area contributed by atoms with Gasteiger partial charge in [-0.05, 0) is 45.2 Å². The molecular formula is C19H22N4O4. The number of hydrogen-bond acceptors (Lipinski definition) is 6. The van der Waals surface area contributed by atoms with Gasteiger partial charge >= 0.3 is 6.09 Å². The molecule has 1 aliphatic rings. The van der Waals surface area contributed by atoms with Gasteiger partial charge in [0.2, 0.25) is 0 Å². The summed E-state index contributed by atoms with van der Waals surface area (Å²) in [6.07, 6.45) is 3.23.